The number of benzene rings is 2. The van der Waals surface area contributed by atoms with Crippen molar-refractivity contribution in [1.82, 2.24) is 20.1 Å². The first kappa shape index (κ1) is 28.4. The summed E-state index contributed by atoms with van der Waals surface area (Å²) in [5, 5.41) is 21.2. The van der Waals surface area contributed by atoms with E-state index in [4.69, 9.17) is 0 Å². The molecule has 0 saturated heterocycles. The molecule has 1 N–H and O–H groups in total. The number of carbonyl (C=O) groups excluding carboxylic acids is 1. The molecule has 0 spiro atoms. The van der Waals surface area contributed by atoms with Gasteiger partial charge in [0.2, 0.25) is 0 Å². The van der Waals surface area contributed by atoms with Gasteiger partial charge in [0, 0.05) is 48.6 Å². The minimum atomic E-state index is -4.58. The number of aromatic nitrogens is 3. The quantitative estimate of drug-likeness (QED) is 0.369. The molecule has 1 aromatic heterocycles. The highest BCUT2D eigenvalue weighted by Crippen LogP contribution is 2.50. The first-order valence-corrected chi connectivity index (χ1v) is 14.5. The lowest BCUT2D eigenvalue weighted by Gasteiger charge is -2.45. The average molecular weight is 577 g/mol. The van der Waals surface area contributed by atoms with Crippen LogP contribution in [0.15, 0.2) is 42.7 Å². The maximum Gasteiger partial charge on any atom is 0.416 e. The van der Waals surface area contributed by atoms with Crippen molar-refractivity contribution >= 4 is 11.6 Å². The smallest absolute Gasteiger partial charge is 0.321 e. The van der Waals surface area contributed by atoms with E-state index in [2.05, 4.69) is 35.4 Å². The summed E-state index contributed by atoms with van der Waals surface area (Å²) in [7, 11) is 1.87. The van der Waals surface area contributed by atoms with Crippen LogP contribution in [0.4, 0.5) is 18.9 Å². The van der Waals surface area contributed by atoms with Crippen LogP contribution < -0.4 is 10.2 Å². The predicted octanol–water partition coefficient (Wildman–Crippen LogP) is 6.08. The van der Waals surface area contributed by atoms with Crippen molar-refractivity contribution < 1.29 is 18.0 Å². The zero-order chi connectivity index (χ0) is 29.9. The van der Waals surface area contributed by atoms with E-state index in [1.807, 2.05) is 29.8 Å². The number of carbonyl (C=O) groups is 1. The van der Waals surface area contributed by atoms with E-state index >= 15 is 0 Å². The molecule has 42 heavy (non-hydrogen) atoms. The number of anilines is 1. The Bertz CT molecular complexity index is 1560. The fourth-order valence-electron chi connectivity index (χ4n) is 7.13. The van der Waals surface area contributed by atoms with Gasteiger partial charge in [-0.15, -0.1) is 10.2 Å². The molecule has 2 saturated carbocycles. The van der Waals surface area contributed by atoms with Gasteiger partial charge in [-0.05, 0) is 78.5 Å². The summed E-state index contributed by atoms with van der Waals surface area (Å²) < 4.78 is 44.7. The maximum absolute atomic E-state index is 14.3. The normalized spacial score (nSPS) is 24.9. The molecule has 0 bridgehead atoms. The van der Waals surface area contributed by atoms with Gasteiger partial charge in [0.25, 0.3) is 5.91 Å². The topological polar surface area (TPSA) is 86.8 Å². The Hall–Kier alpha value is -3.71. The second-order valence-electron chi connectivity index (χ2n) is 13.1. The lowest BCUT2D eigenvalue weighted by molar-refractivity contribution is -0.138. The summed E-state index contributed by atoms with van der Waals surface area (Å²) in [6.45, 7) is 4.55. The standard InChI is InChI=1S/C32H35F3N6O/c1-30(2)8-7-23(14-30)37-17-20-9-25-26(27(10-20)32(33,34)35)18-41(29(25)42)24-6-4-5-22(11-24)31(12-21(13-31)16-36)15-28-39-38-19-40(28)3/h4-6,9-11,19,21,23,37H,7-8,12-15,17-18H2,1-3H3. The number of amides is 1. The molecule has 1 unspecified atom stereocenters. The Morgan fingerprint density at radius 3 is 2.60 bits per heavy atom. The molecule has 220 valence electrons. The number of aryl methyl sites for hydroxylation is 1. The predicted molar refractivity (Wildman–Crippen MR) is 151 cm³/mol. The number of nitriles is 1. The Morgan fingerprint density at radius 2 is 1.95 bits per heavy atom. The second kappa shape index (κ2) is 10.2. The molecular weight excluding hydrogens is 541 g/mol. The van der Waals surface area contributed by atoms with Crippen LogP contribution >= 0.6 is 0 Å². The van der Waals surface area contributed by atoms with Crippen molar-refractivity contribution in [2.45, 2.75) is 83.1 Å². The summed E-state index contributed by atoms with van der Waals surface area (Å²) >= 11 is 0. The van der Waals surface area contributed by atoms with Crippen molar-refractivity contribution in [2.24, 2.45) is 18.4 Å². The van der Waals surface area contributed by atoms with Crippen LogP contribution in [-0.4, -0.2) is 26.7 Å². The van der Waals surface area contributed by atoms with Crippen LogP contribution in [0.2, 0.25) is 0 Å². The number of hydrogen-bond donors (Lipinski definition) is 1. The summed E-state index contributed by atoms with van der Waals surface area (Å²) in [6.07, 6.45) is 1.95. The lowest BCUT2D eigenvalue weighted by atomic mass is 9.57. The van der Waals surface area contributed by atoms with Gasteiger partial charge >= 0.3 is 6.18 Å². The molecule has 7 nitrogen and oxygen atoms in total. The fourth-order valence-corrected chi connectivity index (χ4v) is 7.13. The fraction of sp³-hybridized carbons (Fsp3) is 0.500. The van der Waals surface area contributed by atoms with Crippen molar-refractivity contribution in [3.05, 3.63) is 76.4 Å². The van der Waals surface area contributed by atoms with E-state index in [1.54, 1.807) is 18.5 Å². The third-order valence-corrected chi connectivity index (χ3v) is 9.50. The molecule has 1 aliphatic heterocycles. The van der Waals surface area contributed by atoms with E-state index in [0.717, 1.165) is 30.7 Å². The number of halogens is 3. The van der Waals surface area contributed by atoms with Crippen LogP contribution in [0.3, 0.4) is 0 Å². The first-order chi connectivity index (χ1) is 19.9. The average Bonchev–Trinajstić information content (AvgIpc) is 3.59. The molecule has 2 heterocycles. The summed E-state index contributed by atoms with van der Waals surface area (Å²) in [6, 6.07) is 12.9. The third-order valence-electron chi connectivity index (χ3n) is 9.50. The van der Waals surface area contributed by atoms with Gasteiger partial charge < -0.3 is 14.8 Å². The van der Waals surface area contributed by atoms with Gasteiger partial charge in [0.15, 0.2) is 0 Å². The number of fused-ring (bicyclic) bond motifs is 1. The number of rotatable bonds is 7. The second-order valence-corrected chi connectivity index (χ2v) is 13.1. The monoisotopic (exact) mass is 576 g/mol. The summed E-state index contributed by atoms with van der Waals surface area (Å²) in [4.78, 5) is 15.1. The van der Waals surface area contributed by atoms with Crippen molar-refractivity contribution in [2.75, 3.05) is 4.90 Å². The Labute approximate surface area is 243 Å². The first-order valence-electron chi connectivity index (χ1n) is 14.5. The highest BCUT2D eigenvalue weighted by Gasteiger charge is 2.47. The van der Waals surface area contributed by atoms with Gasteiger partial charge in [-0.2, -0.15) is 18.4 Å². The largest absolute Gasteiger partial charge is 0.416 e. The van der Waals surface area contributed by atoms with Crippen LogP contribution in [0.1, 0.15) is 84.4 Å². The summed E-state index contributed by atoms with van der Waals surface area (Å²) in [5.41, 5.74) is 1.20. The molecule has 0 radical (unpaired) electrons. The zero-order valence-electron chi connectivity index (χ0n) is 24.1. The number of hydrogen-bond acceptors (Lipinski definition) is 5. The van der Waals surface area contributed by atoms with Crippen LogP contribution in [0.5, 0.6) is 0 Å². The van der Waals surface area contributed by atoms with E-state index in [-0.39, 0.29) is 47.0 Å². The van der Waals surface area contributed by atoms with Crippen molar-refractivity contribution in [3.63, 3.8) is 0 Å². The highest BCUT2D eigenvalue weighted by atomic mass is 19.4. The molecule has 1 amide bonds. The Balaban J connectivity index is 1.29. The van der Waals surface area contributed by atoms with E-state index in [0.29, 0.717) is 30.5 Å². The zero-order valence-corrected chi connectivity index (χ0v) is 24.1. The minimum Gasteiger partial charge on any atom is -0.321 e. The SMILES string of the molecule is Cn1cnnc1CC1(c2cccc(N3Cc4c(cc(CNC5CCC(C)(C)C5)cc4C(F)(F)F)C3=O)c2)CC(C#N)C1. The summed E-state index contributed by atoms with van der Waals surface area (Å²) in [5.74, 6) is 0.275. The van der Waals surface area contributed by atoms with Gasteiger partial charge in [-0.25, -0.2) is 0 Å². The van der Waals surface area contributed by atoms with E-state index in [1.165, 1.54) is 11.0 Å². The van der Waals surface area contributed by atoms with Crippen LogP contribution in [0, 0.1) is 22.7 Å². The maximum atomic E-state index is 14.3. The van der Waals surface area contributed by atoms with Crippen molar-refractivity contribution in [3.8, 4) is 6.07 Å². The molecular formula is C32H35F3N6O. The van der Waals surface area contributed by atoms with Gasteiger partial charge in [-0.1, -0.05) is 26.0 Å². The van der Waals surface area contributed by atoms with Gasteiger partial charge in [0.1, 0.15) is 12.2 Å². The number of nitrogens with one attached hydrogen (secondary N) is 1. The van der Waals surface area contributed by atoms with Gasteiger partial charge in [-0.3, -0.25) is 4.79 Å². The number of nitrogens with zero attached hydrogens (tertiary/aromatic N) is 5. The van der Waals surface area contributed by atoms with Crippen LogP contribution in [0.25, 0.3) is 0 Å². The van der Waals surface area contributed by atoms with E-state index < -0.39 is 17.6 Å². The molecule has 3 aromatic rings. The van der Waals surface area contributed by atoms with Gasteiger partial charge in [0.05, 0.1) is 18.2 Å². The Morgan fingerprint density at radius 1 is 1.17 bits per heavy atom. The highest BCUT2D eigenvalue weighted by molar-refractivity contribution is 6.10. The minimum absolute atomic E-state index is 0.0191. The number of alkyl halides is 3. The molecule has 10 heteroatoms. The van der Waals surface area contributed by atoms with Crippen LogP contribution in [-0.2, 0) is 38.1 Å². The molecule has 2 fully saturated rings. The molecule has 2 aliphatic carbocycles. The molecule has 2 aromatic carbocycles. The molecule has 6 rings (SSSR count). The van der Waals surface area contributed by atoms with E-state index in [9.17, 15) is 23.2 Å². The van der Waals surface area contributed by atoms with Crippen molar-refractivity contribution in [1.29, 1.82) is 5.26 Å². The molecule has 3 aliphatic rings. The lowest BCUT2D eigenvalue weighted by Crippen LogP contribution is -2.43. The molecule has 1 atom stereocenters. The Kier molecular flexibility index (Phi) is 6.92. The third kappa shape index (κ3) is 5.19.